The number of ether oxygens (including phenoxy) is 2. The van der Waals surface area contributed by atoms with E-state index in [1.807, 2.05) is 6.92 Å². The Labute approximate surface area is 154 Å². The van der Waals surface area contributed by atoms with Crippen LogP contribution in [0.2, 0.25) is 0 Å². The summed E-state index contributed by atoms with van der Waals surface area (Å²) in [5, 5.41) is 7.01. The fourth-order valence-electron chi connectivity index (χ4n) is 4.83. The van der Waals surface area contributed by atoms with E-state index in [1.165, 1.54) is 31.4 Å². The minimum atomic E-state index is -0.257. The maximum Gasteiger partial charge on any atom is 0.191 e. The van der Waals surface area contributed by atoms with E-state index in [2.05, 4.69) is 15.6 Å². The highest BCUT2D eigenvalue weighted by molar-refractivity contribution is 5.80. The SMILES string of the molecule is CN=C(NCC(C)Oc1ccc(F)cc1)NC1C2CCOC2C12CCC2. The molecule has 4 unspecified atom stereocenters. The summed E-state index contributed by atoms with van der Waals surface area (Å²) in [5.74, 6) is 1.84. The lowest BCUT2D eigenvalue weighted by Gasteiger charge is -2.63. The Morgan fingerprint density at radius 3 is 2.81 bits per heavy atom. The van der Waals surface area contributed by atoms with Crippen molar-refractivity contribution in [2.75, 3.05) is 20.2 Å². The topological polar surface area (TPSA) is 54.9 Å². The first-order valence-corrected chi connectivity index (χ1v) is 9.63. The second kappa shape index (κ2) is 7.06. The van der Waals surface area contributed by atoms with Gasteiger partial charge in [-0.25, -0.2) is 4.39 Å². The van der Waals surface area contributed by atoms with Crippen molar-refractivity contribution in [2.45, 2.75) is 50.9 Å². The van der Waals surface area contributed by atoms with E-state index in [-0.39, 0.29) is 11.9 Å². The Kier molecular flexibility index (Phi) is 4.78. The van der Waals surface area contributed by atoms with Crippen LogP contribution in [-0.4, -0.2) is 44.4 Å². The number of benzene rings is 1. The minimum Gasteiger partial charge on any atom is -0.489 e. The van der Waals surface area contributed by atoms with Crippen molar-refractivity contribution >= 4 is 5.96 Å². The number of nitrogens with one attached hydrogen (secondary N) is 2. The Hall–Kier alpha value is -1.82. The third-order valence-electron chi connectivity index (χ3n) is 6.26. The summed E-state index contributed by atoms with van der Waals surface area (Å²) < 4.78 is 24.8. The molecule has 1 aromatic carbocycles. The summed E-state index contributed by atoms with van der Waals surface area (Å²) in [6.45, 7) is 3.51. The third-order valence-corrected chi connectivity index (χ3v) is 6.26. The van der Waals surface area contributed by atoms with Gasteiger partial charge in [-0.15, -0.1) is 0 Å². The number of guanidine groups is 1. The van der Waals surface area contributed by atoms with Gasteiger partial charge in [-0.3, -0.25) is 4.99 Å². The van der Waals surface area contributed by atoms with Crippen LogP contribution in [0.15, 0.2) is 29.3 Å². The van der Waals surface area contributed by atoms with Gasteiger partial charge in [0, 0.05) is 31.0 Å². The van der Waals surface area contributed by atoms with E-state index in [0.29, 0.717) is 35.8 Å². The van der Waals surface area contributed by atoms with Crippen molar-refractivity contribution in [3.05, 3.63) is 30.1 Å². The summed E-state index contributed by atoms with van der Waals surface area (Å²) >= 11 is 0. The molecule has 0 amide bonds. The smallest absolute Gasteiger partial charge is 0.191 e. The van der Waals surface area contributed by atoms with Gasteiger partial charge in [0.2, 0.25) is 0 Å². The van der Waals surface area contributed by atoms with Gasteiger partial charge in [0.1, 0.15) is 17.7 Å². The standard InChI is InChI=1S/C20H28FN3O2/c1-13(26-15-6-4-14(21)5-7-15)12-23-19(22-2)24-17-16-8-11-25-18(16)20(17)9-3-10-20/h4-7,13,16-18H,3,8-12H2,1-2H3,(H2,22,23,24). The van der Waals surface area contributed by atoms with E-state index in [1.54, 1.807) is 19.2 Å². The molecule has 1 saturated heterocycles. The number of halogens is 1. The maximum absolute atomic E-state index is 13.0. The van der Waals surface area contributed by atoms with Gasteiger partial charge in [0.15, 0.2) is 5.96 Å². The average Bonchev–Trinajstić information content (AvgIpc) is 3.01. The normalized spacial score (nSPS) is 30.1. The molecule has 1 aliphatic heterocycles. The van der Waals surface area contributed by atoms with Crippen molar-refractivity contribution in [3.8, 4) is 5.75 Å². The average molecular weight is 361 g/mol. The van der Waals surface area contributed by atoms with Crippen LogP contribution in [0.1, 0.15) is 32.6 Å². The van der Waals surface area contributed by atoms with E-state index in [4.69, 9.17) is 9.47 Å². The van der Waals surface area contributed by atoms with Crippen LogP contribution in [0.5, 0.6) is 5.75 Å². The van der Waals surface area contributed by atoms with Gasteiger partial charge in [0.25, 0.3) is 0 Å². The number of fused-ring (bicyclic) bond motifs is 2. The summed E-state index contributed by atoms with van der Waals surface area (Å²) in [6.07, 6.45) is 5.36. The lowest BCUT2D eigenvalue weighted by atomic mass is 9.46. The molecule has 3 aliphatic rings. The molecule has 4 atom stereocenters. The fourth-order valence-corrected chi connectivity index (χ4v) is 4.83. The van der Waals surface area contributed by atoms with Crippen LogP contribution in [0.25, 0.3) is 0 Å². The van der Waals surface area contributed by atoms with Crippen LogP contribution in [0.4, 0.5) is 4.39 Å². The molecule has 0 bridgehead atoms. The number of nitrogens with zero attached hydrogens (tertiary/aromatic N) is 1. The molecule has 2 N–H and O–H groups in total. The van der Waals surface area contributed by atoms with Crippen molar-refractivity contribution in [1.29, 1.82) is 0 Å². The first kappa shape index (κ1) is 17.6. The molecule has 0 aromatic heterocycles. The second-order valence-corrected chi connectivity index (χ2v) is 7.79. The Balaban J connectivity index is 1.29. The molecule has 5 nitrogen and oxygen atoms in total. The summed E-state index contributed by atoms with van der Waals surface area (Å²) in [7, 11) is 1.80. The molecular weight excluding hydrogens is 333 g/mol. The molecule has 1 heterocycles. The molecule has 3 fully saturated rings. The Morgan fingerprint density at radius 1 is 1.38 bits per heavy atom. The molecule has 4 rings (SSSR count). The number of rotatable bonds is 5. The van der Waals surface area contributed by atoms with Crippen molar-refractivity contribution in [2.24, 2.45) is 16.3 Å². The number of hydrogen-bond donors (Lipinski definition) is 2. The first-order chi connectivity index (χ1) is 12.6. The fraction of sp³-hybridized carbons (Fsp3) is 0.650. The third kappa shape index (κ3) is 3.04. The number of hydrogen-bond acceptors (Lipinski definition) is 3. The molecule has 1 spiro atoms. The molecule has 2 aliphatic carbocycles. The largest absolute Gasteiger partial charge is 0.489 e. The predicted molar refractivity (Wildman–Crippen MR) is 98.9 cm³/mol. The zero-order valence-corrected chi connectivity index (χ0v) is 15.5. The van der Waals surface area contributed by atoms with Gasteiger partial charge < -0.3 is 20.1 Å². The number of aliphatic imine (C=N–C) groups is 1. The van der Waals surface area contributed by atoms with Gasteiger partial charge in [-0.2, -0.15) is 0 Å². The van der Waals surface area contributed by atoms with Crippen molar-refractivity contribution in [1.82, 2.24) is 10.6 Å². The monoisotopic (exact) mass is 361 g/mol. The van der Waals surface area contributed by atoms with Crippen LogP contribution in [0.3, 0.4) is 0 Å². The molecule has 1 aromatic rings. The Morgan fingerprint density at radius 2 is 2.15 bits per heavy atom. The summed E-state index contributed by atoms with van der Waals surface area (Å²) in [5.41, 5.74) is 0.328. The molecule has 0 radical (unpaired) electrons. The Bertz CT molecular complexity index is 660. The lowest BCUT2D eigenvalue weighted by molar-refractivity contribution is -0.171. The van der Waals surface area contributed by atoms with Crippen LogP contribution < -0.4 is 15.4 Å². The molecule has 6 heteroatoms. The molecular formula is C20H28FN3O2. The van der Waals surface area contributed by atoms with E-state index < -0.39 is 0 Å². The second-order valence-electron chi connectivity index (χ2n) is 7.79. The maximum atomic E-state index is 13.0. The van der Waals surface area contributed by atoms with Crippen molar-refractivity contribution in [3.63, 3.8) is 0 Å². The zero-order valence-electron chi connectivity index (χ0n) is 15.5. The van der Waals surface area contributed by atoms with Crippen LogP contribution in [-0.2, 0) is 4.74 Å². The zero-order chi connectivity index (χ0) is 18.1. The van der Waals surface area contributed by atoms with E-state index in [9.17, 15) is 4.39 Å². The van der Waals surface area contributed by atoms with E-state index >= 15 is 0 Å². The lowest BCUT2D eigenvalue weighted by Crippen LogP contribution is -2.72. The molecule has 26 heavy (non-hydrogen) atoms. The molecule has 142 valence electrons. The molecule has 2 saturated carbocycles. The highest BCUT2D eigenvalue weighted by Gasteiger charge is 2.66. The first-order valence-electron chi connectivity index (χ1n) is 9.63. The predicted octanol–water partition coefficient (Wildman–Crippen LogP) is 2.72. The minimum absolute atomic E-state index is 0.0550. The summed E-state index contributed by atoms with van der Waals surface area (Å²) in [4.78, 5) is 4.39. The van der Waals surface area contributed by atoms with E-state index in [0.717, 1.165) is 19.0 Å². The van der Waals surface area contributed by atoms with Crippen molar-refractivity contribution < 1.29 is 13.9 Å². The van der Waals surface area contributed by atoms with Gasteiger partial charge in [0.05, 0.1) is 12.6 Å². The highest BCUT2D eigenvalue weighted by Crippen LogP contribution is 2.62. The van der Waals surface area contributed by atoms with Crippen LogP contribution in [0, 0.1) is 17.2 Å². The van der Waals surface area contributed by atoms with Gasteiger partial charge in [-0.1, -0.05) is 6.42 Å². The van der Waals surface area contributed by atoms with Crippen LogP contribution >= 0.6 is 0 Å². The quantitative estimate of drug-likeness (QED) is 0.625. The van der Waals surface area contributed by atoms with Gasteiger partial charge in [-0.05, 0) is 50.5 Å². The summed E-state index contributed by atoms with van der Waals surface area (Å²) in [6, 6.07) is 6.57. The van der Waals surface area contributed by atoms with Gasteiger partial charge >= 0.3 is 0 Å². The highest BCUT2D eigenvalue weighted by atomic mass is 19.1.